The highest BCUT2D eigenvalue weighted by atomic mass is 31.2. The van der Waals surface area contributed by atoms with Crippen LogP contribution in [0.2, 0.25) is 0 Å². The molecule has 17 nitrogen and oxygen atoms in total. The zero-order valence-electron chi connectivity index (χ0n) is 67.2. The number of aliphatic hydroxyl groups excluding tert-OH is 1. The van der Waals surface area contributed by atoms with E-state index in [4.69, 9.17) is 37.0 Å². The zero-order chi connectivity index (χ0) is 75.3. The van der Waals surface area contributed by atoms with E-state index in [9.17, 15) is 43.2 Å². The summed E-state index contributed by atoms with van der Waals surface area (Å²) >= 11 is 0. The number of phosphoric ester groups is 2. The molecule has 0 radical (unpaired) electrons. The number of ether oxygens (including phenoxy) is 4. The summed E-state index contributed by atoms with van der Waals surface area (Å²) in [6.07, 6.45) is 59.4. The van der Waals surface area contributed by atoms with E-state index < -0.39 is 97.5 Å². The van der Waals surface area contributed by atoms with Crippen LogP contribution in [0, 0.1) is 23.7 Å². The molecule has 0 bridgehead atoms. The van der Waals surface area contributed by atoms with Gasteiger partial charge >= 0.3 is 39.5 Å². The van der Waals surface area contributed by atoms with Crippen molar-refractivity contribution in [1.82, 2.24) is 0 Å². The fraction of sp³-hybridized carbons (Fsp3) is 0.952. The van der Waals surface area contributed by atoms with Crippen molar-refractivity contribution < 1.29 is 80.2 Å². The highest BCUT2D eigenvalue weighted by Crippen LogP contribution is 2.45. The lowest BCUT2D eigenvalue weighted by Gasteiger charge is -2.21. The summed E-state index contributed by atoms with van der Waals surface area (Å²) in [4.78, 5) is 73.2. The first kappa shape index (κ1) is 100. The molecule has 0 amide bonds. The second kappa shape index (κ2) is 72.0. The molecule has 0 aromatic carbocycles. The van der Waals surface area contributed by atoms with Crippen LogP contribution in [0.4, 0.5) is 0 Å². The normalized spacial score (nSPS) is 14.8. The molecule has 0 saturated heterocycles. The van der Waals surface area contributed by atoms with Crippen LogP contribution in [0.15, 0.2) is 0 Å². The lowest BCUT2D eigenvalue weighted by Crippen LogP contribution is -2.30. The first-order chi connectivity index (χ1) is 49.2. The maximum absolute atomic E-state index is 13.1. The van der Waals surface area contributed by atoms with Gasteiger partial charge in [0.1, 0.15) is 19.3 Å². The van der Waals surface area contributed by atoms with Crippen molar-refractivity contribution in [2.45, 2.75) is 446 Å². The highest BCUT2D eigenvalue weighted by Gasteiger charge is 2.30. The molecule has 0 rings (SSSR count). The monoisotopic (exact) mass is 1490 g/mol. The number of phosphoric acid groups is 2. The van der Waals surface area contributed by atoms with Crippen molar-refractivity contribution in [3.8, 4) is 0 Å². The SMILES string of the molecule is CCC(C)CCCCCCCCCCCCCCCCC(=O)OC[C@H](COP(=O)(O)OC[C@@H](O)COP(=O)(O)OC[C@@H](COC(=O)CCCCCCCCCCC(C)CC)OC(=O)CCCCCCCCCCCCCC(C)C)OC(=O)CCCCCCCCCCCCCCCCC(C)CC. The molecule has 8 atom stereocenters. The van der Waals surface area contributed by atoms with Crippen LogP contribution in [-0.2, 0) is 65.4 Å². The van der Waals surface area contributed by atoms with Gasteiger partial charge in [-0.2, -0.15) is 0 Å². The van der Waals surface area contributed by atoms with Crippen LogP contribution in [0.25, 0.3) is 0 Å². The van der Waals surface area contributed by atoms with Gasteiger partial charge in [0.2, 0.25) is 0 Å². The van der Waals surface area contributed by atoms with Gasteiger partial charge in [-0.1, -0.05) is 376 Å². The minimum Gasteiger partial charge on any atom is -0.462 e. The molecule has 0 aliphatic rings. The molecule has 606 valence electrons. The fourth-order valence-corrected chi connectivity index (χ4v) is 14.3. The predicted octanol–water partition coefficient (Wildman–Crippen LogP) is 24.8. The Morgan fingerprint density at radius 3 is 0.696 bits per heavy atom. The van der Waals surface area contributed by atoms with E-state index in [1.54, 1.807) is 0 Å². The molecule has 0 aliphatic carbocycles. The van der Waals surface area contributed by atoms with E-state index in [2.05, 4.69) is 55.4 Å². The first-order valence-corrected chi connectivity index (χ1v) is 45.8. The Kier molecular flexibility index (Phi) is 70.6. The van der Waals surface area contributed by atoms with Crippen molar-refractivity contribution in [2.24, 2.45) is 23.7 Å². The lowest BCUT2D eigenvalue weighted by atomic mass is 9.99. The zero-order valence-corrected chi connectivity index (χ0v) is 69.0. The van der Waals surface area contributed by atoms with Gasteiger partial charge in [0, 0.05) is 25.7 Å². The number of esters is 4. The van der Waals surface area contributed by atoms with Crippen molar-refractivity contribution in [1.29, 1.82) is 0 Å². The molecule has 0 spiro atoms. The smallest absolute Gasteiger partial charge is 0.462 e. The predicted molar refractivity (Wildman–Crippen MR) is 418 cm³/mol. The molecular weight excluding hydrogens is 1330 g/mol. The molecule has 0 saturated carbocycles. The maximum Gasteiger partial charge on any atom is 0.472 e. The van der Waals surface area contributed by atoms with Crippen molar-refractivity contribution in [3.05, 3.63) is 0 Å². The highest BCUT2D eigenvalue weighted by molar-refractivity contribution is 7.47. The van der Waals surface area contributed by atoms with Crippen molar-refractivity contribution >= 4 is 39.5 Å². The summed E-state index contributed by atoms with van der Waals surface area (Å²) in [6.45, 7) is 14.4. The third-order valence-electron chi connectivity index (χ3n) is 20.4. The summed E-state index contributed by atoms with van der Waals surface area (Å²) in [6, 6.07) is 0. The van der Waals surface area contributed by atoms with Crippen LogP contribution in [0.5, 0.6) is 0 Å². The second-order valence-electron chi connectivity index (χ2n) is 31.1. The average molecular weight is 1490 g/mol. The van der Waals surface area contributed by atoms with Gasteiger partial charge in [0.25, 0.3) is 0 Å². The number of rotatable bonds is 80. The van der Waals surface area contributed by atoms with E-state index in [0.29, 0.717) is 25.7 Å². The molecule has 3 N–H and O–H groups in total. The standard InChI is InChI=1S/C83H162O17P2/c1-9-74(6)60-52-44-36-28-22-16-12-14-18-24-30-39-47-55-63-80(85)93-69-78(99-82(87)65-57-49-41-31-25-19-15-13-17-23-29-37-45-53-61-75(7)10-2)71-97-101(89,90)95-67-77(84)68-96-102(91,92)98-72-79(70-94-81(86)64-56-48-40-34-33-38-46-54-62-76(8)11-3)100-83(88)66-58-50-42-32-26-20-21-27-35-43-51-59-73(4)5/h73-79,84H,9-72H2,1-8H3,(H,89,90)(H,91,92)/t74?,75?,76?,77-,78-,79-/m1/s1. The molecule has 0 fully saturated rings. The topological polar surface area (TPSA) is 237 Å². The van der Waals surface area contributed by atoms with E-state index in [1.165, 1.54) is 231 Å². The number of unbranched alkanes of at least 4 members (excludes halogenated alkanes) is 43. The number of hydrogen-bond donors (Lipinski definition) is 3. The lowest BCUT2D eigenvalue weighted by molar-refractivity contribution is -0.161. The van der Waals surface area contributed by atoms with E-state index >= 15 is 0 Å². The summed E-state index contributed by atoms with van der Waals surface area (Å²) in [5.74, 6) is 1.13. The van der Waals surface area contributed by atoms with E-state index in [1.807, 2.05) is 0 Å². The Morgan fingerprint density at radius 1 is 0.275 bits per heavy atom. The molecule has 0 aromatic rings. The van der Waals surface area contributed by atoms with Gasteiger partial charge in [0.05, 0.1) is 26.4 Å². The van der Waals surface area contributed by atoms with Gasteiger partial charge < -0.3 is 33.8 Å². The quantitative estimate of drug-likeness (QED) is 0.0222. The van der Waals surface area contributed by atoms with Gasteiger partial charge in [0.15, 0.2) is 12.2 Å². The number of carbonyl (C=O) groups excluding carboxylic acids is 4. The molecule has 102 heavy (non-hydrogen) atoms. The fourth-order valence-electron chi connectivity index (χ4n) is 12.7. The summed E-state index contributed by atoms with van der Waals surface area (Å²) < 4.78 is 68.8. The number of hydrogen-bond acceptors (Lipinski definition) is 15. The maximum atomic E-state index is 13.1. The Morgan fingerprint density at radius 2 is 0.471 bits per heavy atom. The Labute approximate surface area is 626 Å². The van der Waals surface area contributed by atoms with Crippen LogP contribution in [0.1, 0.15) is 428 Å². The summed E-state index contributed by atoms with van der Waals surface area (Å²) in [5.41, 5.74) is 0. The minimum absolute atomic E-state index is 0.106. The molecule has 0 aromatic heterocycles. The summed E-state index contributed by atoms with van der Waals surface area (Å²) in [7, 11) is -9.93. The Balaban J connectivity index is 5.28. The van der Waals surface area contributed by atoms with Crippen molar-refractivity contribution in [2.75, 3.05) is 39.6 Å². The largest absolute Gasteiger partial charge is 0.472 e. The van der Waals surface area contributed by atoms with E-state index in [0.717, 1.165) is 114 Å². The summed E-state index contributed by atoms with van der Waals surface area (Å²) in [5, 5.41) is 10.7. The van der Waals surface area contributed by atoms with Crippen LogP contribution >= 0.6 is 15.6 Å². The molecule has 5 unspecified atom stereocenters. The van der Waals surface area contributed by atoms with Gasteiger partial charge in [-0.05, 0) is 49.4 Å². The third kappa shape index (κ3) is 72.3. The number of aliphatic hydroxyl groups is 1. The molecule has 19 heteroatoms. The molecule has 0 aliphatic heterocycles. The number of carbonyl (C=O) groups is 4. The van der Waals surface area contributed by atoms with Gasteiger partial charge in [-0.15, -0.1) is 0 Å². The Bertz CT molecular complexity index is 1990. The molecular formula is C83H162O17P2. The second-order valence-corrected chi connectivity index (χ2v) is 34.0. The minimum atomic E-state index is -4.97. The van der Waals surface area contributed by atoms with Crippen LogP contribution < -0.4 is 0 Å². The van der Waals surface area contributed by atoms with Crippen LogP contribution in [0.3, 0.4) is 0 Å². The average Bonchev–Trinajstić information content (AvgIpc) is 0.920. The van der Waals surface area contributed by atoms with Gasteiger partial charge in [-0.25, -0.2) is 9.13 Å². The van der Waals surface area contributed by atoms with Crippen molar-refractivity contribution in [3.63, 3.8) is 0 Å². The van der Waals surface area contributed by atoms with Gasteiger partial charge in [-0.3, -0.25) is 37.3 Å². The Hall–Kier alpha value is -1.94. The molecule has 0 heterocycles. The first-order valence-electron chi connectivity index (χ1n) is 42.8. The van der Waals surface area contributed by atoms with Crippen LogP contribution in [-0.4, -0.2) is 96.7 Å². The third-order valence-corrected chi connectivity index (χ3v) is 22.3. The van der Waals surface area contributed by atoms with E-state index in [-0.39, 0.29) is 25.7 Å².